The van der Waals surface area contributed by atoms with Crippen molar-refractivity contribution in [3.05, 3.63) is 29.6 Å². The summed E-state index contributed by atoms with van der Waals surface area (Å²) in [7, 11) is 0. The summed E-state index contributed by atoms with van der Waals surface area (Å²) in [4.78, 5) is 14.7. The van der Waals surface area contributed by atoms with Gasteiger partial charge in [0.2, 0.25) is 0 Å². The number of pyridine rings is 1. The first-order valence-electron chi connectivity index (χ1n) is 5.83. The number of hydrogen-bond acceptors (Lipinski definition) is 3. The molecule has 0 aliphatic carbocycles. The Balaban J connectivity index is 2.37. The van der Waals surface area contributed by atoms with Crippen LogP contribution in [0.15, 0.2) is 18.3 Å². The third-order valence-electron chi connectivity index (χ3n) is 2.59. The lowest BCUT2D eigenvalue weighted by atomic mass is 10.1. The Morgan fingerprint density at radius 2 is 2.16 bits per heavy atom. The minimum atomic E-state index is -4.20. The standard InChI is InChI=1S/C12H16F3N3O/c1-8(18-7-12(13,14)15)2-3-9-4-5-10(11(16)19)17-6-9/h4-6,8,18H,2-3,7H2,1H3,(H2,16,19). The lowest BCUT2D eigenvalue weighted by Crippen LogP contribution is -2.35. The number of carbonyl (C=O) groups is 1. The zero-order valence-electron chi connectivity index (χ0n) is 10.5. The van der Waals surface area contributed by atoms with Crippen LogP contribution in [0, 0.1) is 0 Å². The number of amides is 1. The number of nitrogens with two attached hydrogens (primary N) is 1. The van der Waals surface area contributed by atoms with Crippen molar-refractivity contribution in [3.8, 4) is 0 Å². The van der Waals surface area contributed by atoms with Crippen molar-refractivity contribution < 1.29 is 18.0 Å². The molecule has 0 fully saturated rings. The summed E-state index contributed by atoms with van der Waals surface area (Å²) in [6, 6.07) is 2.95. The summed E-state index contributed by atoms with van der Waals surface area (Å²) in [6.45, 7) is 0.698. The molecule has 1 aromatic rings. The molecular formula is C12H16F3N3O. The van der Waals surface area contributed by atoms with Crippen LogP contribution < -0.4 is 11.1 Å². The van der Waals surface area contributed by atoms with Gasteiger partial charge in [-0.05, 0) is 31.4 Å². The molecule has 1 aromatic heterocycles. The number of hydrogen-bond donors (Lipinski definition) is 2. The van der Waals surface area contributed by atoms with Crippen molar-refractivity contribution in [1.82, 2.24) is 10.3 Å². The molecule has 1 unspecified atom stereocenters. The molecular weight excluding hydrogens is 259 g/mol. The molecule has 19 heavy (non-hydrogen) atoms. The molecule has 0 spiro atoms. The number of nitrogens with zero attached hydrogens (tertiary/aromatic N) is 1. The second-order valence-electron chi connectivity index (χ2n) is 4.35. The highest BCUT2D eigenvalue weighted by Crippen LogP contribution is 2.13. The Morgan fingerprint density at radius 3 is 2.63 bits per heavy atom. The zero-order chi connectivity index (χ0) is 14.5. The van der Waals surface area contributed by atoms with Crippen molar-refractivity contribution >= 4 is 5.91 Å². The fourth-order valence-corrected chi connectivity index (χ4v) is 1.49. The van der Waals surface area contributed by atoms with E-state index in [1.165, 1.54) is 12.3 Å². The summed E-state index contributed by atoms with van der Waals surface area (Å²) in [5.41, 5.74) is 6.07. The van der Waals surface area contributed by atoms with Crippen molar-refractivity contribution in [3.63, 3.8) is 0 Å². The van der Waals surface area contributed by atoms with Gasteiger partial charge in [-0.25, -0.2) is 0 Å². The largest absolute Gasteiger partial charge is 0.401 e. The predicted molar refractivity (Wildman–Crippen MR) is 64.6 cm³/mol. The lowest BCUT2D eigenvalue weighted by Gasteiger charge is -2.15. The fourth-order valence-electron chi connectivity index (χ4n) is 1.49. The normalized spacial score (nSPS) is 13.3. The number of aromatic nitrogens is 1. The van der Waals surface area contributed by atoms with E-state index in [0.29, 0.717) is 12.8 Å². The van der Waals surface area contributed by atoms with Crippen molar-refractivity contribution in [1.29, 1.82) is 0 Å². The highest BCUT2D eigenvalue weighted by atomic mass is 19.4. The molecule has 0 saturated carbocycles. The van der Waals surface area contributed by atoms with Crippen molar-refractivity contribution in [2.24, 2.45) is 5.73 Å². The average molecular weight is 275 g/mol. The molecule has 0 aliphatic heterocycles. The maximum atomic E-state index is 12.0. The molecule has 1 amide bonds. The molecule has 4 nitrogen and oxygen atoms in total. The van der Waals surface area contributed by atoms with E-state index in [1.807, 2.05) is 0 Å². The molecule has 0 saturated heterocycles. The van der Waals surface area contributed by atoms with Crippen LogP contribution in [0.5, 0.6) is 0 Å². The summed E-state index contributed by atoms with van der Waals surface area (Å²) in [6.07, 6.45) is -1.55. The summed E-state index contributed by atoms with van der Waals surface area (Å²) in [5, 5.41) is 2.40. The number of primary amides is 1. The topological polar surface area (TPSA) is 68.0 Å². The number of aryl methyl sites for hydroxylation is 1. The van der Waals surface area contributed by atoms with E-state index in [1.54, 1.807) is 13.0 Å². The summed E-state index contributed by atoms with van der Waals surface area (Å²) < 4.78 is 35.9. The van der Waals surface area contributed by atoms with Crippen LogP contribution in [-0.2, 0) is 6.42 Å². The highest BCUT2D eigenvalue weighted by molar-refractivity contribution is 5.90. The fraction of sp³-hybridized carbons (Fsp3) is 0.500. The van der Waals surface area contributed by atoms with E-state index in [2.05, 4.69) is 10.3 Å². The Bertz CT molecular complexity index is 417. The van der Waals surface area contributed by atoms with Crippen LogP contribution in [0.25, 0.3) is 0 Å². The Hall–Kier alpha value is -1.63. The first-order chi connectivity index (χ1) is 8.78. The van der Waals surface area contributed by atoms with Crippen LogP contribution in [0.3, 0.4) is 0 Å². The molecule has 0 radical (unpaired) electrons. The average Bonchev–Trinajstić information content (AvgIpc) is 2.33. The second kappa shape index (κ2) is 6.51. The number of carbonyl (C=O) groups excluding carboxylic acids is 1. The maximum Gasteiger partial charge on any atom is 0.401 e. The Kier molecular flexibility index (Phi) is 5.29. The van der Waals surface area contributed by atoms with Gasteiger partial charge in [-0.3, -0.25) is 9.78 Å². The van der Waals surface area contributed by atoms with E-state index in [9.17, 15) is 18.0 Å². The molecule has 1 rings (SSSR count). The number of halogens is 3. The monoisotopic (exact) mass is 275 g/mol. The molecule has 1 atom stereocenters. The zero-order valence-corrected chi connectivity index (χ0v) is 10.5. The highest BCUT2D eigenvalue weighted by Gasteiger charge is 2.27. The van der Waals surface area contributed by atoms with E-state index in [4.69, 9.17) is 5.73 Å². The van der Waals surface area contributed by atoms with E-state index in [0.717, 1.165) is 5.56 Å². The van der Waals surface area contributed by atoms with Crippen LogP contribution in [0.1, 0.15) is 29.4 Å². The van der Waals surface area contributed by atoms with E-state index in [-0.39, 0.29) is 11.7 Å². The molecule has 0 aliphatic rings. The molecule has 1 heterocycles. The SMILES string of the molecule is CC(CCc1ccc(C(N)=O)nc1)NCC(F)(F)F. The van der Waals surface area contributed by atoms with Crippen LogP contribution in [-0.4, -0.2) is 29.7 Å². The maximum absolute atomic E-state index is 12.0. The van der Waals surface area contributed by atoms with E-state index < -0.39 is 18.6 Å². The molecule has 7 heteroatoms. The van der Waals surface area contributed by atoms with Crippen molar-refractivity contribution in [2.45, 2.75) is 32.0 Å². The Labute approximate surface area is 109 Å². The third kappa shape index (κ3) is 6.19. The van der Waals surface area contributed by atoms with Gasteiger partial charge in [-0.1, -0.05) is 6.07 Å². The predicted octanol–water partition coefficient (Wildman–Crippen LogP) is 1.65. The van der Waals surface area contributed by atoms with Crippen LogP contribution >= 0.6 is 0 Å². The summed E-state index contributed by atoms with van der Waals surface area (Å²) >= 11 is 0. The first kappa shape index (κ1) is 15.4. The molecule has 0 aromatic carbocycles. The minimum Gasteiger partial charge on any atom is -0.364 e. The van der Waals surface area contributed by atoms with Gasteiger partial charge in [0.15, 0.2) is 0 Å². The van der Waals surface area contributed by atoms with Crippen molar-refractivity contribution in [2.75, 3.05) is 6.54 Å². The van der Waals surface area contributed by atoms with Gasteiger partial charge >= 0.3 is 6.18 Å². The molecule has 106 valence electrons. The van der Waals surface area contributed by atoms with Gasteiger partial charge in [0, 0.05) is 12.2 Å². The smallest absolute Gasteiger partial charge is 0.364 e. The second-order valence-corrected chi connectivity index (χ2v) is 4.35. The quantitative estimate of drug-likeness (QED) is 0.829. The van der Waals surface area contributed by atoms with Gasteiger partial charge in [-0.15, -0.1) is 0 Å². The van der Waals surface area contributed by atoms with Gasteiger partial charge in [0.25, 0.3) is 5.91 Å². The molecule has 0 bridgehead atoms. The molecule has 3 N–H and O–H groups in total. The number of rotatable bonds is 6. The van der Waals surface area contributed by atoms with Crippen LogP contribution in [0.4, 0.5) is 13.2 Å². The van der Waals surface area contributed by atoms with Gasteiger partial charge in [0.05, 0.1) is 6.54 Å². The Morgan fingerprint density at radius 1 is 1.47 bits per heavy atom. The first-order valence-corrected chi connectivity index (χ1v) is 5.83. The minimum absolute atomic E-state index is 0.173. The van der Waals surface area contributed by atoms with Gasteiger partial charge < -0.3 is 11.1 Å². The summed E-state index contributed by atoms with van der Waals surface area (Å²) in [5.74, 6) is -0.605. The number of nitrogens with one attached hydrogen (secondary N) is 1. The van der Waals surface area contributed by atoms with Gasteiger partial charge in [0.1, 0.15) is 5.69 Å². The number of alkyl halides is 3. The van der Waals surface area contributed by atoms with Crippen LogP contribution in [0.2, 0.25) is 0 Å². The van der Waals surface area contributed by atoms with E-state index >= 15 is 0 Å². The van der Waals surface area contributed by atoms with Gasteiger partial charge in [-0.2, -0.15) is 13.2 Å². The lowest BCUT2D eigenvalue weighted by molar-refractivity contribution is -0.126. The third-order valence-corrected chi connectivity index (χ3v) is 2.59.